The van der Waals surface area contributed by atoms with Crippen LogP contribution in [0.15, 0.2) is 33.5 Å². The number of rotatable bonds is 4. The molecular formula is C12H14BrN3O4S. The van der Waals surface area contributed by atoms with Gasteiger partial charge >= 0.3 is 0 Å². The first kappa shape index (κ1) is 15.8. The van der Waals surface area contributed by atoms with Crippen molar-refractivity contribution in [2.24, 2.45) is 7.05 Å². The zero-order chi connectivity index (χ0) is 15.8. The average molecular weight is 376 g/mol. The minimum absolute atomic E-state index is 0.134. The second-order valence-corrected chi connectivity index (χ2v) is 6.85. The summed E-state index contributed by atoms with van der Waals surface area (Å²) in [5, 5.41) is 2.46. The first-order valence-electron chi connectivity index (χ1n) is 5.94. The summed E-state index contributed by atoms with van der Waals surface area (Å²) in [6.45, 7) is 1.68. The number of aromatic nitrogens is 2. The molecule has 2 N–H and O–H groups in total. The number of nitrogens with zero attached hydrogens (tertiary/aromatic N) is 2. The molecule has 1 aromatic carbocycles. The van der Waals surface area contributed by atoms with Gasteiger partial charge in [-0.15, -0.1) is 0 Å². The average Bonchev–Trinajstić information content (AvgIpc) is 2.57. The molecule has 2 rings (SSSR count). The van der Waals surface area contributed by atoms with Gasteiger partial charge in [-0.1, -0.05) is 22.0 Å². The van der Waals surface area contributed by atoms with E-state index in [0.717, 1.165) is 4.47 Å². The molecule has 0 saturated carbocycles. The highest BCUT2D eigenvalue weighted by Gasteiger charge is 2.17. The molecule has 1 heterocycles. The van der Waals surface area contributed by atoms with Gasteiger partial charge in [0.25, 0.3) is 15.7 Å². The molecule has 0 atom stereocenters. The van der Waals surface area contributed by atoms with Gasteiger partial charge in [-0.3, -0.25) is 14.0 Å². The summed E-state index contributed by atoms with van der Waals surface area (Å²) in [4.78, 5) is 12.4. The first-order chi connectivity index (χ1) is 9.70. The van der Waals surface area contributed by atoms with E-state index in [4.69, 9.17) is 4.55 Å². The van der Waals surface area contributed by atoms with Crippen molar-refractivity contribution in [3.8, 4) is 5.69 Å². The molecule has 0 saturated heterocycles. The fourth-order valence-electron chi connectivity index (χ4n) is 1.97. The smallest absolute Gasteiger partial charge is 0.295 e. The first-order valence-corrected chi connectivity index (χ1v) is 8.34. The van der Waals surface area contributed by atoms with E-state index in [0.29, 0.717) is 11.4 Å². The number of benzene rings is 1. The van der Waals surface area contributed by atoms with Gasteiger partial charge in [0.05, 0.1) is 11.4 Å². The van der Waals surface area contributed by atoms with Crippen molar-refractivity contribution in [2.75, 3.05) is 11.2 Å². The Morgan fingerprint density at radius 3 is 2.62 bits per heavy atom. The second kappa shape index (κ2) is 5.66. The lowest BCUT2D eigenvalue weighted by atomic mass is 10.3. The summed E-state index contributed by atoms with van der Waals surface area (Å²) in [7, 11) is -2.52. The van der Waals surface area contributed by atoms with E-state index in [2.05, 4.69) is 21.2 Å². The fourth-order valence-corrected chi connectivity index (χ4v) is 2.69. The lowest BCUT2D eigenvalue weighted by Gasteiger charge is -2.08. The zero-order valence-corrected chi connectivity index (χ0v) is 13.8. The Morgan fingerprint density at radius 2 is 2.05 bits per heavy atom. The Hall–Kier alpha value is -1.58. The zero-order valence-electron chi connectivity index (χ0n) is 11.4. The van der Waals surface area contributed by atoms with Gasteiger partial charge in [-0.25, -0.2) is 4.68 Å². The third-order valence-corrected chi connectivity index (χ3v) is 4.04. The van der Waals surface area contributed by atoms with Gasteiger partial charge in [0.15, 0.2) is 0 Å². The van der Waals surface area contributed by atoms with E-state index in [1.807, 2.05) is 6.07 Å². The normalized spacial score (nSPS) is 11.6. The van der Waals surface area contributed by atoms with Crippen molar-refractivity contribution < 1.29 is 13.0 Å². The maximum atomic E-state index is 12.4. The molecule has 0 radical (unpaired) electrons. The Labute approximate surface area is 130 Å². The number of hydrogen-bond donors (Lipinski definition) is 2. The lowest BCUT2D eigenvalue weighted by Crippen LogP contribution is -2.22. The molecule has 0 aliphatic heterocycles. The maximum absolute atomic E-state index is 12.4. The molecule has 0 fully saturated rings. The van der Waals surface area contributed by atoms with Crippen LogP contribution in [0.5, 0.6) is 0 Å². The Balaban J connectivity index is 2.53. The molecule has 0 unspecified atom stereocenters. The van der Waals surface area contributed by atoms with Crippen LogP contribution in [0.25, 0.3) is 5.69 Å². The van der Waals surface area contributed by atoms with Gasteiger partial charge in [0.2, 0.25) is 0 Å². The van der Waals surface area contributed by atoms with E-state index in [1.165, 1.54) is 4.68 Å². The van der Waals surface area contributed by atoms with Crippen LogP contribution in [0, 0.1) is 6.92 Å². The fraction of sp³-hybridized carbons (Fsp3) is 0.250. The molecule has 21 heavy (non-hydrogen) atoms. The maximum Gasteiger partial charge on any atom is 0.295 e. The topological polar surface area (TPSA) is 93.3 Å². The highest BCUT2D eigenvalue weighted by molar-refractivity contribution is 9.10. The number of nitrogens with one attached hydrogen (secondary N) is 1. The van der Waals surface area contributed by atoms with Crippen molar-refractivity contribution in [2.45, 2.75) is 6.92 Å². The van der Waals surface area contributed by atoms with Gasteiger partial charge in [-0.2, -0.15) is 8.42 Å². The molecular weight excluding hydrogens is 362 g/mol. The van der Waals surface area contributed by atoms with Crippen LogP contribution in [0.4, 0.5) is 5.69 Å². The van der Waals surface area contributed by atoms with Crippen LogP contribution < -0.4 is 10.9 Å². The number of halogens is 1. The molecule has 1 aromatic heterocycles. The van der Waals surface area contributed by atoms with Crippen LogP contribution >= 0.6 is 15.9 Å². The van der Waals surface area contributed by atoms with E-state index >= 15 is 0 Å². The van der Waals surface area contributed by atoms with E-state index < -0.39 is 21.6 Å². The standard InChI is InChI=1S/C12H14BrN3O4S/c1-8-11(14-7-21(18,19)20)12(17)16(15(8)2)10-5-3-4-9(13)6-10/h3-6,14H,7H2,1-2H3,(H,18,19,20). The quantitative estimate of drug-likeness (QED) is 0.789. The molecule has 9 heteroatoms. The molecule has 7 nitrogen and oxygen atoms in total. The minimum Gasteiger partial charge on any atom is -0.364 e. The monoisotopic (exact) mass is 375 g/mol. The lowest BCUT2D eigenvalue weighted by molar-refractivity contribution is 0.485. The largest absolute Gasteiger partial charge is 0.364 e. The summed E-state index contributed by atoms with van der Waals surface area (Å²) in [6, 6.07) is 7.16. The predicted molar refractivity (Wildman–Crippen MR) is 83.5 cm³/mol. The summed E-state index contributed by atoms with van der Waals surface area (Å²) in [6.07, 6.45) is 0. The van der Waals surface area contributed by atoms with Crippen molar-refractivity contribution in [1.29, 1.82) is 0 Å². The van der Waals surface area contributed by atoms with Crippen LogP contribution in [-0.2, 0) is 17.2 Å². The molecule has 2 aromatic rings. The molecule has 0 aliphatic rings. The predicted octanol–water partition coefficient (Wildman–Crippen LogP) is 1.50. The van der Waals surface area contributed by atoms with Crippen LogP contribution in [-0.4, -0.2) is 28.2 Å². The van der Waals surface area contributed by atoms with E-state index in [9.17, 15) is 13.2 Å². The van der Waals surface area contributed by atoms with Gasteiger partial charge in [-0.05, 0) is 25.1 Å². The molecule has 114 valence electrons. The molecule has 0 amide bonds. The molecule has 0 aliphatic carbocycles. The van der Waals surface area contributed by atoms with Crippen molar-refractivity contribution in [3.05, 3.63) is 44.8 Å². The van der Waals surface area contributed by atoms with E-state index in [-0.39, 0.29) is 5.69 Å². The van der Waals surface area contributed by atoms with Crippen molar-refractivity contribution in [3.63, 3.8) is 0 Å². The van der Waals surface area contributed by atoms with Crippen molar-refractivity contribution >= 4 is 31.7 Å². The van der Waals surface area contributed by atoms with Crippen LogP contribution in [0.3, 0.4) is 0 Å². The summed E-state index contributed by atoms with van der Waals surface area (Å²) in [5.74, 6) is -0.717. The third-order valence-electron chi connectivity index (χ3n) is 3.04. The highest BCUT2D eigenvalue weighted by Crippen LogP contribution is 2.17. The SMILES string of the molecule is Cc1c(NCS(=O)(=O)O)c(=O)n(-c2cccc(Br)c2)n1C. The van der Waals surface area contributed by atoms with Gasteiger partial charge < -0.3 is 5.32 Å². The Bertz CT molecular complexity index is 839. The van der Waals surface area contributed by atoms with Crippen LogP contribution in [0.1, 0.15) is 5.69 Å². The molecule has 0 bridgehead atoms. The van der Waals surface area contributed by atoms with Crippen LogP contribution in [0.2, 0.25) is 0 Å². The Morgan fingerprint density at radius 1 is 1.38 bits per heavy atom. The summed E-state index contributed by atoms with van der Waals surface area (Å²) >= 11 is 3.34. The number of anilines is 1. The second-order valence-electron chi connectivity index (χ2n) is 4.48. The highest BCUT2D eigenvalue weighted by atomic mass is 79.9. The minimum atomic E-state index is -4.21. The van der Waals surface area contributed by atoms with Gasteiger partial charge in [0.1, 0.15) is 11.6 Å². The third kappa shape index (κ3) is 3.36. The number of hydrogen-bond acceptors (Lipinski definition) is 4. The molecule has 0 spiro atoms. The van der Waals surface area contributed by atoms with Gasteiger partial charge in [0, 0.05) is 11.5 Å². The van der Waals surface area contributed by atoms with E-state index in [1.54, 1.807) is 36.9 Å². The summed E-state index contributed by atoms with van der Waals surface area (Å²) in [5.41, 5.74) is 0.940. The summed E-state index contributed by atoms with van der Waals surface area (Å²) < 4.78 is 34.2. The Kier molecular flexibility index (Phi) is 4.26. The van der Waals surface area contributed by atoms with Crippen molar-refractivity contribution in [1.82, 2.24) is 9.36 Å².